The van der Waals surface area contributed by atoms with Crippen LogP contribution in [0.4, 0.5) is 0 Å². The van der Waals surface area contributed by atoms with Gasteiger partial charge < -0.3 is 19.6 Å². The fraction of sp³-hybridized carbons (Fsp3) is 0.333. The summed E-state index contributed by atoms with van der Waals surface area (Å²) in [5.74, 6) is 2.35. The van der Waals surface area contributed by atoms with Crippen LogP contribution in [0.3, 0.4) is 0 Å². The summed E-state index contributed by atoms with van der Waals surface area (Å²) in [5.41, 5.74) is 7.16. The molecule has 2 N–H and O–H groups in total. The van der Waals surface area contributed by atoms with Gasteiger partial charge in [0, 0.05) is 7.11 Å². The van der Waals surface area contributed by atoms with Crippen molar-refractivity contribution in [2.45, 2.75) is 19.6 Å². The Morgan fingerprint density at radius 2 is 1.89 bits per heavy atom. The minimum atomic E-state index is -0.277. The quantitative estimate of drug-likeness (QED) is 0.868. The lowest BCUT2D eigenvalue weighted by Crippen LogP contribution is -2.10. The van der Waals surface area contributed by atoms with Gasteiger partial charge in [-0.1, -0.05) is 12.1 Å². The molecular formula is C15H19NO3. The molecule has 0 saturated carbocycles. The van der Waals surface area contributed by atoms with E-state index in [9.17, 15) is 0 Å². The lowest BCUT2D eigenvalue weighted by Gasteiger charge is -2.10. The number of furan rings is 1. The summed E-state index contributed by atoms with van der Waals surface area (Å²) in [6, 6.07) is 11.2. The molecule has 1 aromatic heterocycles. The second kappa shape index (κ2) is 6.41. The van der Waals surface area contributed by atoms with Gasteiger partial charge in [-0.05, 0) is 36.8 Å². The zero-order valence-corrected chi connectivity index (χ0v) is 11.3. The molecule has 0 radical (unpaired) electrons. The molecule has 2 rings (SSSR count). The molecule has 19 heavy (non-hydrogen) atoms. The van der Waals surface area contributed by atoms with Crippen molar-refractivity contribution in [2.75, 3.05) is 13.7 Å². The normalized spacial score (nSPS) is 12.4. The van der Waals surface area contributed by atoms with Gasteiger partial charge in [0.1, 0.15) is 23.9 Å². The molecule has 4 nitrogen and oxygen atoms in total. The summed E-state index contributed by atoms with van der Waals surface area (Å²) in [6.07, 6.45) is 0. The van der Waals surface area contributed by atoms with Crippen LogP contribution in [0.15, 0.2) is 40.8 Å². The Hall–Kier alpha value is -1.78. The zero-order chi connectivity index (χ0) is 13.7. The number of nitrogens with two attached hydrogens (primary N) is 1. The molecule has 0 bridgehead atoms. The first-order valence-electron chi connectivity index (χ1n) is 6.30. The van der Waals surface area contributed by atoms with Gasteiger partial charge in [0.2, 0.25) is 0 Å². The first kappa shape index (κ1) is 13.6. The molecule has 1 aromatic carbocycles. The molecule has 0 aliphatic carbocycles. The smallest absolute Gasteiger partial charge is 0.129 e. The highest BCUT2D eigenvalue weighted by molar-refractivity contribution is 5.32. The van der Waals surface area contributed by atoms with Crippen LogP contribution < -0.4 is 10.5 Å². The van der Waals surface area contributed by atoms with Gasteiger partial charge in [-0.2, -0.15) is 0 Å². The summed E-state index contributed by atoms with van der Waals surface area (Å²) in [7, 11) is 1.63. The van der Waals surface area contributed by atoms with Crippen molar-refractivity contribution < 1.29 is 13.9 Å². The maximum Gasteiger partial charge on any atom is 0.129 e. The lowest BCUT2D eigenvalue weighted by atomic mass is 10.1. The topological polar surface area (TPSA) is 57.6 Å². The van der Waals surface area contributed by atoms with E-state index in [2.05, 4.69) is 0 Å². The van der Waals surface area contributed by atoms with Crippen molar-refractivity contribution in [3.63, 3.8) is 0 Å². The molecule has 0 saturated heterocycles. The molecule has 0 fully saturated rings. The van der Waals surface area contributed by atoms with Gasteiger partial charge in [-0.25, -0.2) is 0 Å². The van der Waals surface area contributed by atoms with Crippen LogP contribution in [0.2, 0.25) is 0 Å². The highest BCUT2D eigenvalue weighted by atomic mass is 16.5. The molecule has 102 valence electrons. The Bertz CT molecular complexity index is 504. The van der Waals surface area contributed by atoms with Crippen molar-refractivity contribution >= 4 is 0 Å². The molecule has 1 heterocycles. The van der Waals surface area contributed by atoms with Gasteiger partial charge in [0.25, 0.3) is 0 Å². The average molecular weight is 261 g/mol. The number of benzene rings is 1. The van der Waals surface area contributed by atoms with E-state index in [1.807, 2.05) is 43.3 Å². The minimum absolute atomic E-state index is 0.277. The summed E-state index contributed by atoms with van der Waals surface area (Å²) in [6.45, 7) is 3.07. The average Bonchev–Trinajstić information content (AvgIpc) is 2.88. The second-order valence-corrected chi connectivity index (χ2v) is 4.22. The van der Waals surface area contributed by atoms with Gasteiger partial charge in [-0.15, -0.1) is 0 Å². The number of hydrogen-bond acceptors (Lipinski definition) is 4. The van der Waals surface area contributed by atoms with Gasteiger partial charge >= 0.3 is 0 Å². The summed E-state index contributed by atoms with van der Waals surface area (Å²) in [4.78, 5) is 0. The van der Waals surface area contributed by atoms with Crippen LogP contribution in [0.25, 0.3) is 0 Å². The van der Waals surface area contributed by atoms with Crippen molar-refractivity contribution in [3.05, 3.63) is 53.5 Å². The van der Waals surface area contributed by atoms with Gasteiger partial charge in [0.05, 0.1) is 12.6 Å². The maximum absolute atomic E-state index is 6.17. The summed E-state index contributed by atoms with van der Waals surface area (Å²) < 4.78 is 16.1. The molecule has 1 atom stereocenters. The second-order valence-electron chi connectivity index (χ2n) is 4.22. The Labute approximate surface area is 113 Å². The predicted octanol–water partition coefficient (Wildman–Crippen LogP) is 2.87. The molecule has 0 spiro atoms. The predicted molar refractivity (Wildman–Crippen MR) is 73.1 cm³/mol. The van der Waals surface area contributed by atoms with Crippen LogP contribution in [-0.4, -0.2) is 13.7 Å². The molecule has 0 amide bonds. The van der Waals surface area contributed by atoms with E-state index in [1.165, 1.54) is 0 Å². The fourth-order valence-corrected chi connectivity index (χ4v) is 1.88. The molecular weight excluding hydrogens is 242 g/mol. The van der Waals surface area contributed by atoms with Gasteiger partial charge in [-0.3, -0.25) is 0 Å². The summed E-state index contributed by atoms with van der Waals surface area (Å²) in [5, 5.41) is 0. The number of ether oxygens (including phenoxy) is 2. The van der Waals surface area contributed by atoms with Crippen LogP contribution in [0, 0.1) is 0 Å². The third kappa shape index (κ3) is 3.36. The van der Waals surface area contributed by atoms with E-state index in [-0.39, 0.29) is 6.04 Å². The van der Waals surface area contributed by atoms with E-state index < -0.39 is 0 Å². The van der Waals surface area contributed by atoms with Crippen LogP contribution in [0.5, 0.6) is 5.75 Å². The SMILES string of the molecule is CCOc1ccc(C(N)c2ccc(COC)o2)cc1. The Balaban J connectivity index is 2.11. The maximum atomic E-state index is 6.17. The third-order valence-corrected chi connectivity index (χ3v) is 2.83. The number of rotatable bonds is 6. The molecule has 0 aliphatic rings. The third-order valence-electron chi connectivity index (χ3n) is 2.83. The van der Waals surface area contributed by atoms with E-state index in [4.69, 9.17) is 19.6 Å². The Kier molecular flexibility index (Phi) is 4.60. The van der Waals surface area contributed by atoms with Crippen LogP contribution >= 0.6 is 0 Å². The monoisotopic (exact) mass is 261 g/mol. The van der Waals surface area contributed by atoms with Crippen LogP contribution in [0.1, 0.15) is 30.0 Å². The Morgan fingerprint density at radius 1 is 1.16 bits per heavy atom. The van der Waals surface area contributed by atoms with Crippen molar-refractivity contribution in [1.82, 2.24) is 0 Å². The lowest BCUT2D eigenvalue weighted by molar-refractivity contribution is 0.162. The number of hydrogen-bond donors (Lipinski definition) is 1. The first-order chi connectivity index (χ1) is 9.24. The largest absolute Gasteiger partial charge is 0.494 e. The standard InChI is InChI=1S/C15H19NO3/c1-3-18-12-6-4-11(5-7-12)15(16)14-9-8-13(19-14)10-17-2/h4-9,15H,3,10,16H2,1-2H3. The molecule has 4 heteroatoms. The molecule has 1 unspecified atom stereocenters. The van der Waals surface area contributed by atoms with Gasteiger partial charge in [0.15, 0.2) is 0 Å². The minimum Gasteiger partial charge on any atom is -0.494 e. The van der Waals surface area contributed by atoms with Crippen molar-refractivity contribution in [3.8, 4) is 5.75 Å². The van der Waals surface area contributed by atoms with E-state index in [0.717, 1.165) is 22.8 Å². The highest BCUT2D eigenvalue weighted by Crippen LogP contribution is 2.24. The highest BCUT2D eigenvalue weighted by Gasteiger charge is 2.13. The molecule has 2 aromatic rings. The van der Waals surface area contributed by atoms with Crippen LogP contribution in [-0.2, 0) is 11.3 Å². The molecule has 0 aliphatic heterocycles. The summed E-state index contributed by atoms with van der Waals surface area (Å²) >= 11 is 0. The van der Waals surface area contributed by atoms with Crippen molar-refractivity contribution in [1.29, 1.82) is 0 Å². The Morgan fingerprint density at radius 3 is 2.53 bits per heavy atom. The van der Waals surface area contributed by atoms with Crippen molar-refractivity contribution in [2.24, 2.45) is 5.73 Å². The fourth-order valence-electron chi connectivity index (χ4n) is 1.88. The van der Waals surface area contributed by atoms with E-state index in [0.29, 0.717) is 13.2 Å². The first-order valence-corrected chi connectivity index (χ1v) is 6.30. The zero-order valence-electron chi connectivity index (χ0n) is 11.3. The van der Waals surface area contributed by atoms with E-state index in [1.54, 1.807) is 7.11 Å². The number of methoxy groups -OCH3 is 1. The van der Waals surface area contributed by atoms with E-state index >= 15 is 0 Å².